The van der Waals surface area contributed by atoms with Crippen molar-refractivity contribution >= 4 is 44.8 Å². The van der Waals surface area contributed by atoms with E-state index in [4.69, 9.17) is 10.5 Å². The number of pyridine rings is 1. The molecule has 0 aliphatic heterocycles. The molecule has 3 rings (SSSR count). The maximum atomic E-state index is 11.0. The van der Waals surface area contributed by atoms with E-state index in [-0.39, 0.29) is 0 Å². The number of nitrogens with two attached hydrogens (primary N) is 1. The number of carbonyl (C=O) groups is 1. The predicted octanol–water partition coefficient (Wildman–Crippen LogP) is 3.93. The van der Waals surface area contributed by atoms with Crippen LogP contribution in [0, 0.1) is 0 Å². The Hall–Kier alpha value is -1.99. The third kappa shape index (κ3) is 3.03. The molecular formula is C14H10BrN3O2S. The smallest absolute Gasteiger partial charge is 0.392 e. The zero-order valence-electron chi connectivity index (χ0n) is 10.7. The monoisotopic (exact) mass is 363 g/mol. The zero-order chi connectivity index (χ0) is 14.8. The Morgan fingerprint density at radius 2 is 2.19 bits per heavy atom. The van der Waals surface area contributed by atoms with E-state index in [0.717, 1.165) is 25.3 Å². The van der Waals surface area contributed by atoms with Gasteiger partial charge in [0.25, 0.3) is 0 Å². The Morgan fingerprint density at radius 1 is 1.33 bits per heavy atom. The second-order valence-corrected chi connectivity index (χ2v) is 6.16. The Bertz CT molecular complexity index is 819. The molecule has 0 atom stereocenters. The number of aromatic amines is 1. The highest BCUT2D eigenvalue weighted by atomic mass is 79.9. The van der Waals surface area contributed by atoms with Crippen LogP contribution in [0.1, 0.15) is 0 Å². The van der Waals surface area contributed by atoms with Crippen molar-refractivity contribution in [2.45, 2.75) is 9.79 Å². The van der Waals surface area contributed by atoms with Gasteiger partial charge in [-0.15, -0.1) is 0 Å². The molecule has 0 bridgehead atoms. The number of amides is 1. The number of ether oxygens (including phenoxy) is 1. The average molecular weight is 364 g/mol. The lowest BCUT2D eigenvalue weighted by Gasteiger charge is -2.04. The molecule has 5 nitrogen and oxygen atoms in total. The summed E-state index contributed by atoms with van der Waals surface area (Å²) in [6.07, 6.45) is 0.826. The molecule has 21 heavy (non-hydrogen) atoms. The number of benzene rings is 1. The van der Waals surface area contributed by atoms with Gasteiger partial charge in [0.05, 0.1) is 5.52 Å². The summed E-state index contributed by atoms with van der Waals surface area (Å²) < 4.78 is 6.01. The molecule has 106 valence electrons. The molecule has 7 heteroatoms. The minimum absolute atomic E-state index is 0.307. The van der Waals surface area contributed by atoms with Crippen LogP contribution in [0.3, 0.4) is 0 Å². The standard InChI is InChI=1S/C14H10BrN3O2S/c15-8-3-1-4-9(7-8)21-12-11-10(5-2-6-17-11)18-13(12)20-14(16)19/h1-7,18H,(H2,16,19). The number of nitrogens with zero attached hydrogens (tertiary/aromatic N) is 1. The number of fused-ring (bicyclic) bond motifs is 1. The van der Waals surface area contributed by atoms with Gasteiger partial charge < -0.3 is 15.5 Å². The van der Waals surface area contributed by atoms with E-state index in [1.54, 1.807) is 12.3 Å². The summed E-state index contributed by atoms with van der Waals surface area (Å²) in [4.78, 5) is 20.1. The number of primary amides is 1. The SMILES string of the molecule is NC(=O)Oc1[nH]c2cccnc2c1Sc1cccc(Br)c1. The first-order valence-corrected chi connectivity index (χ1v) is 7.62. The summed E-state index contributed by atoms with van der Waals surface area (Å²) >= 11 is 4.88. The fourth-order valence-corrected chi connectivity index (χ4v) is 3.45. The quantitative estimate of drug-likeness (QED) is 0.738. The number of H-pyrrole nitrogens is 1. The van der Waals surface area contributed by atoms with Crippen LogP contribution in [0.15, 0.2) is 56.9 Å². The third-order valence-electron chi connectivity index (χ3n) is 2.70. The highest BCUT2D eigenvalue weighted by Gasteiger charge is 2.17. The molecule has 0 aliphatic rings. The van der Waals surface area contributed by atoms with Crippen LogP contribution in [0.4, 0.5) is 4.79 Å². The summed E-state index contributed by atoms with van der Waals surface area (Å²) in [6.45, 7) is 0. The molecular weight excluding hydrogens is 354 g/mol. The highest BCUT2D eigenvalue weighted by molar-refractivity contribution is 9.10. The van der Waals surface area contributed by atoms with Gasteiger partial charge in [-0.05, 0) is 30.3 Å². The fourth-order valence-electron chi connectivity index (χ4n) is 1.89. The predicted molar refractivity (Wildman–Crippen MR) is 84.6 cm³/mol. The highest BCUT2D eigenvalue weighted by Crippen LogP contribution is 2.40. The summed E-state index contributed by atoms with van der Waals surface area (Å²) in [5.74, 6) is 0.307. The van der Waals surface area contributed by atoms with Crippen LogP contribution in [0.2, 0.25) is 0 Å². The Labute approximate surface area is 133 Å². The molecule has 0 aliphatic carbocycles. The van der Waals surface area contributed by atoms with Crippen molar-refractivity contribution in [3.05, 3.63) is 47.1 Å². The van der Waals surface area contributed by atoms with E-state index >= 15 is 0 Å². The van der Waals surface area contributed by atoms with Crippen molar-refractivity contribution in [2.75, 3.05) is 0 Å². The van der Waals surface area contributed by atoms with Crippen molar-refractivity contribution in [1.82, 2.24) is 9.97 Å². The number of aromatic nitrogens is 2. The topological polar surface area (TPSA) is 81.0 Å². The summed E-state index contributed by atoms with van der Waals surface area (Å²) in [7, 11) is 0. The van der Waals surface area contributed by atoms with Crippen molar-refractivity contribution in [3.8, 4) is 5.88 Å². The van der Waals surface area contributed by atoms with Crippen LogP contribution < -0.4 is 10.5 Å². The lowest BCUT2D eigenvalue weighted by Crippen LogP contribution is -2.16. The number of hydrogen-bond donors (Lipinski definition) is 2. The maximum Gasteiger partial charge on any atom is 0.411 e. The van der Waals surface area contributed by atoms with E-state index in [0.29, 0.717) is 5.88 Å². The van der Waals surface area contributed by atoms with Gasteiger partial charge in [-0.1, -0.05) is 33.8 Å². The third-order valence-corrected chi connectivity index (χ3v) is 4.26. The molecule has 2 aromatic heterocycles. The molecule has 0 saturated heterocycles. The minimum Gasteiger partial charge on any atom is -0.392 e. The molecule has 0 fully saturated rings. The number of rotatable bonds is 3. The summed E-state index contributed by atoms with van der Waals surface area (Å²) in [5, 5.41) is 0. The molecule has 0 radical (unpaired) electrons. The molecule has 3 N–H and O–H groups in total. The van der Waals surface area contributed by atoms with Crippen molar-refractivity contribution in [1.29, 1.82) is 0 Å². The lowest BCUT2D eigenvalue weighted by atomic mass is 10.4. The number of carbonyl (C=O) groups excluding carboxylic acids is 1. The van der Waals surface area contributed by atoms with Gasteiger partial charge in [0.2, 0.25) is 5.88 Å². The molecule has 1 amide bonds. The minimum atomic E-state index is -0.863. The molecule has 2 heterocycles. The molecule has 3 aromatic rings. The first-order chi connectivity index (χ1) is 10.1. The van der Waals surface area contributed by atoms with Gasteiger partial charge in [-0.2, -0.15) is 0 Å². The van der Waals surface area contributed by atoms with Crippen LogP contribution in [0.5, 0.6) is 5.88 Å². The van der Waals surface area contributed by atoms with Crippen molar-refractivity contribution in [2.24, 2.45) is 5.73 Å². The van der Waals surface area contributed by atoms with E-state index in [9.17, 15) is 4.79 Å². The fraction of sp³-hybridized carbons (Fsp3) is 0. The van der Waals surface area contributed by atoms with Gasteiger partial charge in [0, 0.05) is 15.6 Å². The summed E-state index contributed by atoms with van der Waals surface area (Å²) in [5.41, 5.74) is 6.63. The van der Waals surface area contributed by atoms with Crippen LogP contribution >= 0.6 is 27.7 Å². The first kappa shape index (κ1) is 14.0. The van der Waals surface area contributed by atoms with E-state index in [2.05, 4.69) is 25.9 Å². The Balaban J connectivity index is 2.08. The van der Waals surface area contributed by atoms with Crippen molar-refractivity contribution < 1.29 is 9.53 Å². The van der Waals surface area contributed by atoms with Crippen LogP contribution in [0.25, 0.3) is 11.0 Å². The zero-order valence-corrected chi connectivity index (χ0v) is 13.1. The molecule has 0 spiro atoms. The second-order valence-electron chi connectivity index (χ2n) is 4.16. The second kappa shape index (κ2) is 5.79. The number of halogens is 1. The van der Waals surface area contributed by atoms with Gasteiger partial charge in [-0.3, -0.25) is 4.98 Å². The van der Waals surface area contributed by atoms with Gasteiger partial charge in [-0.25, -0.2) is 4.79 Å². The molecule has 1 aromatic carbocycles. The van der Waals surface area contributed by atoms with Gasteiger partial charge in [0.15, 0.2) is 0 Å². The number of nitrogens with one attached hydrogen (secondary N) is 1. The van der Waals surface area contributed by atoms with Crippen LogP contribution in [-0.4, -0.2) is 16.1 Å². The maximum absolute atomic E-state index is 11.0. The van der Waals surface area contributed by atoms with E-state index in [1.165, 1.54) is 11.8 Å². The Kier molecular flexibility index (Phi) is 3.85. The van der Waals surface area contributed by atoms with Gasteiger partial charge >= 0.3 is 6.09 Å². The lowest BCUT2D eigenvalue weighted by molar-refractivity contribution is 0.208. The first-order valence-electron chi connectivity index (χ1n) is 6.01. The van der Waals surface area contributed by atoms with Crippen molar-refractivity contribution in [3.63, 3.8) is 0 Å². The Morgan fingerprint density at radius 3 is 2.95 bits per heavy atom. The van der Waals surface area contributed by atoms with Gasteiger partial charge in [0.1, 0.15) is 10.4 Å². The van der Waals surface area contributed by atoms with E-state index < -0.39 is 6.09 Å². The average Bonchev–Trinajstić information content (AvgIpc) is 2.76. The largest absolute Gasteiger partial charge is 0.411 e. The molecule has 0 saturated carbocycles. The van der Waals surface area contributed by atoms with E-state index in [1.807, 2.05) is 30.3 Å². The summed E-state index contributed by atoms with van der Waals surface area (Å²) in [6, 6.07) is 11.5. The molecule has 0 unspecified atom stereocenters. The number of hydrogen-bond acceptors (Lipinski definition) is 4. The normalized spacial score (nSPS) is 10.7. The van der Waals surface area contributed by atoms with Crippen LogP contribution in [-0.2, 0) is 0 Å².